The van der Waals surface area contributed by atoms with E-state index in [0.717, 1.165) is 23.5 Å². The van der Waals surface area contributed by atoms with Crippen molar-refractivity contribution in [2.75, 3.05) is 30.4 Å². The Bertz CT molecular complexity index is 659. The molecule has 0 spiro atoms. The third kappa shape index (κ3) is 4.04. The monoisotopic (exact) mass is 326 g/mol. The molecule has 0 aliphatic carbocycles. The normalized spacial score (nSPS) is 11.7. The number of anilines is 2. The standard InChI is InChI=1S/C19H26N4O/c1-5-22(4)18-12-8-7-11-17(18)21-19(24)23(6-2)15(3)16-10-9-13-20-14-16/h7-15H,5-6H2,1-4H3,(H,21,24)/t15-/m0/s1. The number of rotatable bonds is 6. The number of pyridine rings is 1. The van der Waals surface area contributed by atoms with E-state index < -0.39 is 0 Å². The van der Waals surface area contributed by atoms with Gasteiger partial charge in [0.05, 0.1) is 17.4 Å². The minimum absolute atomic E-state index is 0.0419. The molecule has 0 aliphatic rings. The van der Waals surface area contributed by atoms with Crippen LogP contribution in [0, 0.1) is 0 Å². The first-order chi connectivity index (χ1) is 11.6. The summed E-state index contributed by atoms with van der Waals surface area (Å²) < 4.78 is 0. The Balaban J connectivity index is 2.19. The minimum atomic E-state index is -0.106. The Kier molecular flexibility index (Phi) is 6.18. The predicted molar refractivity (Wildman–Crippen MR) is 99.4 cm³/mol. The lowest BCUT2D eigenvalue weighted by Crippen LogP contribution is -2.37. The molecule has 128 valence electrons. The van der Waals surface area contributed by atoms with Crippen molar-refractivity contribution in [3.05, 3.63) is 54.4 Å². The van der Waals surface area contributed by atoms with Crippen molar-refractivity contribution in [2.24, 2.45) is 0 Å². The van der Waals surface area contributed by atoms with Crippen molar-refractivity contribution in [1.82, 2.24) is 9.88 Å². The molecule has 1 heterocycles. The maximum absolute atomic E-state index is 12.8. The number of urea groups is 1. The number of hydrogen-bond donors (Lipinski definition) is 1. The van der Waals surface area contributed by atoms with Crippen LogP contribution in [0.4, 0.5) is 16.2 Å². The first-order valence-corrected chi connectivity index (χ1v) is 8.36. The second-order valence-corrected chi connectivity index (χ2v) is 5.71. The summed E-state index contributed by atoms with van der Waals surface area (Å²) in [7, 11) is 2.01. The van der Waals surface area contributed by atoms with Gasteiger partial charge in [-0.05, 0) is 44.5 Å². The number of aromatic nitrogens is 1. The molecule has 1 aromatic carbocycles. The Morgan fingerprint density at radius 2 is 1.92 bits per heavy atom. The lowest BCUT2D eigenvalue weighted by molar-refractivity contribution is 0.197. The van der Waals surface area contributed by atoms with Crippen molar-refractivity contribution in [3.63, 3.8) is 0 Å². The summed E-state index contributed by atoms with van der Waals surface area (Å²) in [4.78, 5) is 20.9. The highest BCUT2D eigenvalue weighted by molar-refractivity contribution is 5.93. The Labute approximate surface area is 144 Å². The van der Waals surface area contributed by atoms with Gasteiger partial charge in [-0.15, -0.1) is 0 Å². The molecule has 5 nitrogen and oxygen atoms in total. The maximum Gasteiger partial charge on any atom is 0.322 e. The molecule has 0 bridgehead atoms. The summed E-state index contributed by atoms with van der Waals surface area (Å²) in [5.41, 5.74) is 2.86. The number of carbonyl (C=O) groups excluding carboxylic acids is 1. The Hall–Kier alpha value is -2.56. The predicted octanol–water partition coefficient (Wildman–Crippen LogP) is 4.15. The van der Waals surface area contributed by atoms with Gasteiger partial charge in [-0.1, -0.05) is 18.2 Å². The smallest absolute Gasteiger partial charge is 0.322 e. The summed E-state index contributed by atoms with van der Waals surface area (Å²) in [5, 5.41) is 3.05. The third-order valence-electron chi connectivity index (χ3n) is 4.27. The average molecular weight is 326 g/mol. The lowest BCUT2D eigenvalue weighted by atomic mass is 10.1. The zero-order valence-electron chi connectivity index (χ0n) is 14.9. The molecule has 0 saturated carbocycles. The molecule has 2 aromatic rings. The minimum Gasteiger partial charge on any atom is -0.373 e. The Morgan fingerprint density at radius 3 is 2.54 bits per heavy atom. The molecule has 0 fully saturated rings. The van der Waals surface area contributed by atoms with Crippen LogP contribution in [-0.4, -0.2) is 36.1 Å². The van der Waals surface area contributed by atoms with Crippen molar-refractivity contribution >= 4 is 17.4 Å². The van der Waals surface area contributed by atoms with E-state index in [4.69, 9.17) is 0 Å². The summed E-state index contributed by atoms with van der Waals surface area (Å²) in [6.07, 6.45) is 3.54. The number of para-hydroxylation sites is 2. The molecule has 1 N–H and O–H groups in total. The van der Waals surface area contributed by atoms with E-state index in [0.29, 0.717) is 6.54 Å². The molecule has 5 heteroatoms. The van der Waals surface area contributed by atoms with Crippen molar-refractivity contribution in [1.29, 1.82) is 0 Å². The van der Waals surface area contributed by atoms with E-state index in [1.54, 1.807) is 17.3 Å². The van der Waals surface area contributed by atoms with Crippen LogP contribution >= 0.6 is 0 Å². The van der Waals surface area contributed by atoms with Crippen molar-refractivity contribution in [3.8, 4) is 0 Å². The summed E-state index contributed by atoms with van der Waals surface area (Å²) >= 11 is 0. The zero-order valence-corrected chi connectivity index (χ0v) is 14.9. The summed E-state index contributed by atoms with van der Waals surface area (Å²) in [6, 6.07) is 11.6. The van der Waals surface area contributed by atoms with Crippen LogP contribution in [0.15, 0.2) is 48.8 Å². The van der Waals surface area contributed by atoms with Crippen LogP contribution in [0.5, 0.6) is 0 Å². The largest absolute Gasteiger partial charge is 0.373 e. The Morgan fingerprint density at radius 1 is 1.17 bits per heavy atom. The molecule has 0 radical (unpaired) electrons. The highest BCUT2D eigenvalue weighted by Crippen LogP contribution is 2.26. The van der Waals surface area contributed by atoms with Crippen LogP contribution < -0.4 is 10.2 Å². The lowest BCUT2D eigenvalue weighted by Gasteiger charge is -2.29. The van der Waals surface area contributed by atoms with Gasteiger partial charge in [-0.3, -0.25) is 4.98 Å². The summed E-state index contributed by atoms with van der Waals surface area (Å²) in [5.74, 6) is 0. The number of nitrogens with one attached hydrogen (secondary N) is 1. The number of amides is 2. The van der Waals surface area contributed by atoms with Crippen LogP contribution in [0.25, 0.3) is 0 Å². The zero-order chi connectivity index (χ0) is 17.5. The van der Waals surface area contributed by atoms with Gasteiger partial charge < -0.3 is 15.1 Å². The molecule has 0 aliphatic heterocycles. The SMILES string of the molecule is CCN(C)c1ccccc1NC(=O)N(CC)[C@@H](C)c1cccnc1. The van der Waals surface area contributed by atoms with E-state index in [9.17, 15) is 4.79 Å². The number of carbonyl (C=O) groups is 1. The second kappa shape index (κ2) is 8.34. The van der Waals surface area contributed by atoms with Gasteiger partial charge in [0, 0.05) is 32.5 Å². The van der Waals surface area contributed by atoms with E-state index in [-0.39, 0.29) is 12.1 Å². The molecule has 1 aromatic heterocycles. The van der Waals surface area contributed by atoms with Gasteiger partial charge in [0.1, 0.15) is 0 Å². The fourth-order valence-electron chi connectivity index (χ4n) is 2.67. The maximum atomic E-state index is 12.8. The first-order valence-electron chi connectivity index (χ1n) is 8.36. The van der Waals surface area contributed by atoms with E-state index in [1.807, 2.05) is 57.3 Å². The molecule has 2 rings (SSSR count). The first kappa shape index (κ1) is 17.8. The van der Waals surface area contributed by atoms with Gasteiger partial charge in [0.25, 0.3) is 0 Å². The molecule has 2 amide bonds. The third-order valence-corrected chi connectivity index (χ3v) is 4.27. The van der Waals surface area contributed by atoms with E-state index >= 15 is 0 Å². The van der Waals surface area contributed by atoms with Gasteiger partial charge in [0.2, 0.25) is 0 Å². The van der Waals surface area contributed by atoms with E-state index in [1.165, 1.54) is 0 Å². The van der Waals surface area contributed by atoms with Crippen molar-refractivity contribution in [2.45, 2.75) is 26.8 Å². The fraction of sp³-hybridized carbons (Fsp3) is 0.368. The fourth-order valence-corrected chi connectivity index (χ4v) is 2.67. The van der Waals surface area contributed by atoms with Crippen LogP contribution in [0.3, 0.4) is 0 Å². The topological polar surface area (TPSA) is 48.5 Å². The molecule has 1 atom stereocenters. The molecule has 0 unspecified atom stereocenters. The quantitative estimate of drug-likeness (QED) is 0.867. The molecular weight excluding hydrogens is 300 g/mol. The molecule has 24 heavy (non-hydrogen) atoms. The second-order valence-electron chi connectivity index (χ2n) is 5.71. The van der Waals surface area contributed by atoms with Gasteiger partial charge in [0.15, 0.2) is 0 Å². The highest BCUT2D eigenvalue weighted by Gasteiger charge is 2.21. The number of hydrogen-bond acceptors (Lipinski definition) is 3. The van der Waals surface area contributed by atoms with Crippen LogP contribution in [0.1, 0.15) is 32.4 Å². The van der Waals surface area contributed by atoms with Gasteiger partial charge >= 0.3 is 6.03 Å². The van der Waals surface area contributed by atoms with Gasteiger partial charge in [-0.25, -0.2) is 4.79 Å². The van der Waals surface area contributed by atoms with E-state index in [2.05, 4.69) is 22.1 Å². The van der Waals surface area contributed by atoms with Crippen LogP contribution in [0.2, 0.25) is 0 Å². The molecule has 0 saturated heterocycles. The van der Waals surface area contributed by atoms with Crippen LogP contribution in [-0.2, 0) is 0 Å². The van der Waals surface area contributed by atoms with Gasteiger partial charge in [-0.2, -0.15) is 0 Å². The highest BCUT2D eigenvalue weighted by atomic mass is 16.2. The number of nitrogens with zero attached hydrogens (tertiary/aromatic N) is 3. The number of benzene rings is 1. The summed E-state index contributed by atoms with van der Waals surface area (Å²) in [6.45, 7) is 7.58. The average Bonchev–Trinajstić information content (AvgIpc) is 2.62. The van der Waals surface area contributed by atoms with Crippen molar-refractivity contribution < 1.29 is 4.79 Å². The molecular formula is C19H26N4O.